The van der Waals surface area contributed by atoms with Crippen LogP contribution in [0, 0.1) is 0 Å². The molecule has 0 atom stereocenters. The topological polar surface area (TPSA) is 34.2 Å². The van der Waals surface area contributed by atoms with Gasteiger partial charge >= 0.3 is 0 Å². The first-order chi connectivity index (χ1) is 12.7. The molecule has 0 aliphatic carbocycles. The van der Waals surface area contributed by atoms with Crippen LogP contribution in [-0.4, -0.2) is 57.3 Å². The van der Waals surface area contributed by atoms with Crippen molar-refractivity contribution in [2.24, 2.45) is 0 Å². The van der Waals surface area contributed by atoms with E-state index in [2.05, 4.69) is 34.1 Å². The molecule has 2 aromatic carbocycles. The summed E-state index contributed by atoms with van der Waals surface area (Å²) in [6.07, 6.45) is 0. The first-order valence-corrected chi connectivity index (χ1v) is 9.01. The normalized spacial score (nSPS) is 15.7. The van der Waals surface area contributed by atoms with Gasteiger partial charge in [-0.25, -0.2) is 0 Å². The zero-order valence-corrected chi connectivity index (χ0v) is 15.9. The van der Waals surface area contributed by atoms with E-state index in [0.29, 0.717) is 0 Å². The van der Waals surface area contributed by atoms with Gasteiger partial charge in [-0.15, -0.1) is 0 Å². The van der Waals surface area contributed by atoms with E-state index < -0.39 is 0 Å². The van der Waals surface area contributed by atoms with Crippen LogP contribution in [0.2, 0.25) is 0 Å². The maximum Gasteiger partial charge on any atom is 0.165 e. The van der Waals surface area contributed by atoms with Crippen LogP contribution >= 0.6 is 0 Å². The van der Waals surface area contributed by atoms with Crippen molar-refractivity contribution in [3.8, 4) is 17.2 Å². The van der Waals surface area contributed by atoms with E-state index in [1.807, 2.05) is 18.2 Å². The van der Waals surface area contributed by atoms with Crippen LogP contribution < -0.4 is 14.2 Å². The predicted octanol–water partition coefficient (Wildman–Crippen LogP) is 3.03. The fraction of sp³-hybridized carbons (Fsp3) is 0.429. The fourth-order valence-corrected chi connectivity index (χ4v) is 3.45. The Morgan fingerprint density at radius 2 is 1.46 bits per heavy atom. The summed E-state index contributed by atoms with van der Waals surface area (Å²) in [5.41, 5.74) is 2.47. The van der Waals surface area contributed by atoms with E-state index >= 15 is 0 Å². The molecule has 0 unspecified atom stereocenters. The summed E-state index contributed by atoms with van der Waals surface area (Å²) in [7, 11) is 5.09. The molecule has 0 spiro atoms. The van der Waals surface area contributed by atoms with E-state index in [1.54, 1.807) is 21.3 Å². The molecule has 0 radical (unpaired) electrons. The summed E-state index contributed by atoms with van der Waals surface area (Å²) in [6.45, 7) is 6.06. The Bertz CT molecular complexity index is 712. The van der Waals surface area contributed by atoms with Gasteiger partial charge in [0.1, 0.15) is 5.75 Å². The molecular weight excluding hydrogens is 328 g/mol. The van der Waals surface area contributed by atoms with E-state index in [9.17, 15) is 0 Å². The van der Waals surface area contributed by atoms with Gasteiger partial charge in [0, 0.05) is 44.8 Å². The lowest BCUT2D eigenvalue weighted by Crippen LogP contribution is -2.45. The van der Waals surface area contributed by atoms with Crippen molar-refractivity contribution >= 4 is 0 Å². The highest BCUT2D eigenvalue weighted by Crippen LogP contribution is 2.31. The van der Waals surface area contributed by atoms with Crippen LogP contribution in [0.25, 0.3) is 0 Å². The Balaban J connectivity index is 1.56. The summed E-state index contributed by atoms with van der Waals surface area (Å²) in [5, 5.41) is 0. The molecule has 5 heteroatoms. The van der Waals surface area contributed by atoms with Gasteiger partial charge in [-0.3, -0.25) is 9.80 Å². The van der Waals surface area contributed by atoms with E-state index in [4.69, 9.17) is 14.2 Å². The predicted molar refractivity (Wildman–Crippen MR) is 103 cm³/mol. The van der Waals surface area contributed by atoms with Gasteiger partial charge in [0.2, 0.25) is 0 Å². The van der Waals surface area contributed by atoms with Crippen LogP contribution in [0.5, 0.6) is 17.2 Å². The summed E-state index contributed by atoms with van der Waals surface area (Å²) in [4.78, 5) is 4.97. The third kappa shape index (κ3) is 4.48. The van der Waals surface area contributed by atoms with Crippen LogP contribution in [0.4, 0.5) is 0 Å². The van der Waals surface area contributed by atoms with Gasteiger partial charge in [0.05, 0.1) is 21.3 Å². The summed E-state index contributed by atoms with van der Waals surface area (Å²) in [6, 6.07) is 14.4. The van der Waals surface area contributed by atoms with E-state index in [1.165, 1.54) is 11.1 Å². The van der Waals surface area contributed by atoms with Crippen molar-refractivity contribution < 1.29 is 14.2 Å². The first-order valence-electron chi connectivity index (χ1n) is 9.01. The smallest absolute Gasteiger partial charge is 0.165 e. The van der Waals surface area contributed by atoms with Gasteiger partial charge in [0.15, 0.2) is 11.5 Å². The molecule has 0 aromatic heterocycles. The quantitative estimate of drug-likeness (QED) is 0.762. The largest absolute Gasteiger partial charge is 0.497 e. The summed E-state index contributed by atoms with van der Waals surface area (Å²) in [5.74, 6) is 2.56. The maximum absolute atomic E-state index is 5.56. The van der Waals surface area contributed by atoms with Crippen LogP contribution in [0.15, 0.2) is 42.5 Å². The number of para-hydroxylation sites is 1. The molecule has 0 bridgehead atoms. The second kappa shape index (κ2) is 8.92. The molecule has 0 saturated carbocycles. The van der Waals surface area contributed by atoms with Crippen molar-refractivity contribution in [2.45, 2.75) is 13.1 Å². The molecule has 1 fully saturated rings. The molecule has 0 N–H and O–H groups in total. The average Bonchev–Trinajstić information content (AvgIpc) is 2.69. The minimum atomic E-state index is 0.793. The van der Waals surface area contributed by atoms with E-state index in [0.717, 1.165) is 56.5 Å². The van der Waals surface area contributed by atoms with Crippen LogP contribution in [0.1, 0.15) is 11.1 Å². The first kappa shape index (κ1) is 18.5. The Kier molecular flexibility index (Phi) is 6.36. The number of piperazine rings is 1. The molecule has 140 valence electrons. The highest BCUT2D eigenvalue weighted by Gasteiger charge is 2.19. The molecule has 0 amide bonds. The molecular formula is C21H28N2O3. The minimum Gasteiger partial charge on any atom is -0.497 e. The number of nitrogens with zero attached hydrogens (tertiary/aromatic N) is 2. The summed E-state index contributed by atoms with van der Waals surface area (Å²) >= 11 is 0. The Hall–Kier alpha value is -2.24. The maximum atomic E-state index is 5.56. The number of methoxy groups -OCH3 is 3. The molecule has 1 saturated heterocycles. The van der Waals surface area contributed by atoms with Gasteiger partial charge < -0.3 is 14.2 Å². The standard InChI is InChI=1S/C21H28N2O3/c1-24-19-8-4-6-17(14-19)15-22-10-12-23(13-11-22)16-18-7-5-9-20(25-2)21(18)26-3/h4-9,14H,10-13,15-16H2,1-3H3. The molecule has 1 heterocycles. The monoisotopic (exact) mass is 356 g/mol. The molecule has 5 nitrogen and oxygen atoms in total. The van der Waals surface area contributed by atoms with Crippen molar-refractivity contribution in [1.82, 2.24) is 9.80 Å². The molecule has 1 aliphatic heterocycles. The minimum absolute atomic E-state index is 0.793. The molecule has 3 rings (SSSR count). The summed E-state index contributed by atoms with van der Waals surface area (Å²) < 4.78 is 16.3. The van der Waals surface area contributed by atoms with Gasteiger partial charge in [-0.05, 0) is 23.8 Å². The Morgan fingerprint density at radius 1 is 0.769 bits per heavy atom. The van der Waals surface area contributed by atoms with Crippen molar-refractivity contribution in [3.63, 3.8) is 0 Å². The van der Waals surface area contributed by atoms with Crippen molar-refractivity contribution in [3.05, 3.63) is 53.6 Å². The number of benzene rings is 2. The number of ether oxygens (including phenoxy) is 3. The third-order valence-electron chi connectivity index (χ3n) is 4.88. The van der Waals surface area contributed by atoms with Crippen molar-refractivity contribution in [1.29, 1.82) is 0 Å². The van der Waals surface area contributed by atoms with Gasteiger partial charge in [0.25, 0.3) is 0 Å². The zero-order chi connectivity index (χ0) is 18.4. The zero-order valence-electron chi connectivity index (χ0n) is 15.9. The molecule has 1 aliphatic rings. The Labute approximate surface area is 156 Å². The lowest BCUT2D eigenvalue weighted by Gasteiger charge is -2.35. The third-order valence-corrected chi connectivity index (χ3v) is 4.88. The fourth-order valence-electron chi connectivity index (χ4n) is 3.45. The SMILES string of the molecule is COc1cccc(CN2CCN(Cc3cccc(OC)c3OC)CC2)c1. The van der Waals surface area contributed by atoms with Crippen LogP contribution in [-0.2, 0) is 13.1 Å². The molecule has 2 aromatic rings. The second-order valence-electron chi connectivity index (χ2n) is 6.56. The van der Waals surface area contributed by atoms with Crippen molar-refractivity contribution in [2.75, 3.05) is 47.5 Å². The van der Waals surface area contributed by atoms with Gasteiger partial charge in [-0.2, -0.15) is 0 Å². The van der Waals surface area contributed by atoms with Crippen LogP contribution in [0.3, 0.4) is 0 Å². The number of hydrogen-bond donors (Lipinski definition) is 0. The number of rotatable bonds is 7. The number of hydrogen-bond acceptors (Lipinski definition) is 5. The lowest BCUT2D eigenvalue weighted by atomic mass is 10.1. The van der Waals surface area contributed by atoms with Gasteiger partial charge in [-0.1, -0.05) is 24.3 Å². The van der Waals surface area contributed by atoms with E-state index in [-0.39, 0.29) is 0 Å². The second-order valence-corrected chi connectivity index (χ2v) is 6.56. The lowest BCUT2D eigenvalue weighted by molar-refractivity contribution is 0.121. The molecule has 26 heavy (non-hydrogen) atoms. The highest BCUT2D eigenvalue weighted by molar-refractivity contribution is 5.46. The Morgan fingerprint density at radius 3 is 2.12 bits per heavy atom. The highest BCUT2D eigenvalue weighted by atomic mass is 16.5. The average molecular weight is 356 g/mol.